The van der Waals surface area contributed by atoms with Crippen molar-refractivity contribution in [1.82, 2.24) is 0 Å². The van der Waals surface area contributed by atoms with Crippen LogP contribution in [0.5, 0.6) is 11.5 Å². The fourth-order valence-corrected chi connectivity index (χ4v) is 9.19. The molecular weight excluding hydrogens is 529 g/mol. The van der Waals surface area contributed by atoms with E-state index in [0.717, 1.165) is 11.5 Å². The Morgan fingerprint density at radius 1 is 0.634 bits per heavy atom. The summed E-state index contributed by atoms with van der Waals surface area (Å²) >= 11 is 0. The average molecular weight is 574 g/mol. The van der Waals surface area contributed by atoms with E-state index < -0.39 is 8.80 Å². The fourth-order valence-electron chi connectivity index (χ4n) is 5.81. The summed E-state index contributed by atoms with van der Waals surface area (Å²) in [6.45, 7) is 25.4. The molecule has 0 fully saturated rings. The lowest BCUT2D eigenvalue weighted by Gasteiger charge is -2.40. The molecule has 0 bridgehead atoms. The van der Waals surface area contributed by atoms with E-state index >= 15 is 0 Å². The third-order valence-electron chi connectivity index (χ3n) is 8.68. The van der Waals surface area contributed by atoms with E-state index in [4.69, 9.17) is 4.74 Å². The highest BCUT2D eigenvalue weighted by molar-refractivity contribution is 6.96. The molecule has 1 nitrogen and oxygen atoms in total. The largest absolute Gasteiger partial charge is 0.457 e. The van der Waals surface area contributed by atoms with Crippen molar-refractivity contribution < 1.29 is 4.74 Å². The summed E-state index contributed by atoms with van der Waals surface area (Å²) in [5, 5.41) is 5.47. The smallest absolute Gasteiger partial charge is 0.159 e. The molecule has 3 radical (unpaired) electrons. The highest BCUT2D eigenvalue weighted by Gasteiger charge is 2.40. The van der Waals surface area contributed by atoms with Crippen molar-refractivity contribution in [3.05, 3.63) is 106 Å². The van der Waals surface area contributed by atoms with E-state index in [1.165, 1.54) is 54.1 Å². The molecule has 0 saturated carbocycles. The molecular formula is C38H45OSi2. The van der Waals surface area contributed by atoms with Crippen molar-refractivity contribution in [2.24, 2.45) is 0 Å². The summed E-state index contributed by atoms with van der Waals surface area (Å²) in [6, 6.07) is 28.2. The van der Waals surface area contributed by atoms with Crippen LogP contribution in [0.25, 0.3) is 0 Å². The molecule has 0 atom stereocenters. The Morgan fingerprint density at radius 3 is 1.51 bits per heavy atom. The molecule has 0 aromatic heterocycles. The van der Waals surface area contributed by atoms with Crippen LogP contribution < -0.4 is 25.5 Å². The molecule has 5 rings (SSSR count). The van der Waals surface area contributed by atoms with E-state index in [1.54, 1.807) is 0 Å². The number of fused-ring (bicyclic) bond motifs is 2. The first kappa shape index (κ1) is 29.6. The highest BCUT2D eigenvalue weighted by Crippen LogP contribution is 2.48. The monoisotopic (exact) mass is 573 g/mol. The van der Waals surface area contributed by atoms with E-state index in [9.17, 15) is 0 Å². The van der Waals surface area contributed by atoms with Crippen LogP contribution in [0.3, 0.4) is 0 Å². The first-order valence-corrected chi connectivity index (χ1v) is 17.9. The van der Waals surface area contributed by atoms with Crippen molar-refractivity contribution in [2.75, 3.05) is 0 Å². The molecule has 0 amide bonds. The Balaban J connectivity index is 1.85. The van der Waals surface area contributed by atoms with Crippen LogP contribution in [-0.4, -0.2) is 18.3 Å². The fraction of sp³-hybridized carbons (Fsp3) is 0.368. The van der Waals surface area contributed by atoms with Gasteiger partial charge in [0, 0.05) is 16.5 Å². The van der Waals surface area contributed by atoms with Crippen LogP contribution in [0.4, 0.5) is 0 Å². The van der Waals surface area contributed by atoms with Crippen LogP contribution in [-0.2, 0) is 16.2 Å². The maximum atomic E-state index is 7.21. The highest BCUT2D eigenvalue weighted by atomic mass is 28.3. The minimum atomic E-state index is -1.36. The van der Waals surface area contributed by atoms with E-state index in [2.05, 4.69) is 149 Å². The summed E-state index contributed by atoms with van der Waals surface area (Å²) in [4.78, 5) is 0. The summed E-state index contributed by atoms with van der Waals surface area (Å²) in [5.74, 6) is 2.16. The SMILES string of the molecule is C[Si]c1cc(C(C)(C)C)cc2c1Oc1c([Si](c3ccc(C)cc3)c3ccc(C)cc3)cc(C(C)(C)C)cc1C2(C)C. The van der Waals surface area contributed by atoms with Crippen LogP contribution in [0, 0.1) is 13.8 Å². The molecule has 3 heteroatoms. The zero-order valence-corrected chi connectivity index (χ0v) is 28.8. The molecule has 4 aromatic rings. The molecule has 0 saturated heterocycles. The third kappa shape index (κ3) is 5.51. The Hall–Kier alpha value is -2.89. The van der Waals surface area contributed by atoms with E-state index in [-0.39, 0.29) is 16.2 Å². The molecule has 211 valence electrons. The number of hydrogen-bond acceptors (Lipinski definition) is 1. The van der Waals surface area contributed by atoms with Gasteiger partial charge in [-0.15, -0.1) is 0 Å². The van der Waals surface area contributed by atoms with Crippen LogP contribution >= 0.6 is 0 Å². The van der Waals surface area contributed by atoms with Gasteiger partial charge < -0.3 is 4.74 Å². The number of hydrogen-bond donors (Lipinski definition) is 0. The summed E-state index contributed by atoms with van der Waals surface area (Å²) in [5.41, 5.74) is 7.86. The average Bonchev–Trinajstić information content (AvgIpc) is 2.89. The zero-order chi connectivity index (χ0) is 29.9. The lowest BCUT2D eigenvalue weighted by Crippen LogP contribution is -2.53. The predicted molar refractivity (Wildman–Crippen MR) is 181 cm³/mol. The molecule has 4 aromatic carbocycles. The number of rotatable bonds is 4. The summed E-state index contributed by atoms with van der Waals surface area (Å²) < 4.78 is 7.21. The zero-order valence-electron chi connectivity index (χ0n) is 26.8. The van der Waals surface area contributed by atoms with Crippen molar-refractivity contribution in [2.45, 2.75) is 92.0 Å². The van der Waals surface area contributed by atoms with Gasteiger partial charge in [0.25, 0.3) is 0 Å². The molecule has 41 heavy (non-hydrogen) atoms. The second kappa shape index (κ2) is 10.4. The van der Waals surface area contributed by atoms with Gasteiger partial charge in [0.15, 0.2) is 8.80 Å². The summed E-state index contributed by atoms with van der Waals surface area (Å²) in [7, 11) is -0.693. The van der Waals surface area contributed by atoms with Gasteiger partial charge in [-0.2, -0.15) is 0 Å². The minimum Gasteiger partial charge on any atom is -0.457 e. The quantitative estimate of drug-likeness (QED) is 0.185. The van der Waals surface area contributed by atoms with Gasteiger partial charge in [-0.3, -0.25) is 0 Å². The standard InChI is InChI=1S/C38H45OSi2/c1-24-12-16-28(17-13-24)41(29-18-14-25(2)15-19-29)33-23-27(37(6,7)8)21-31-35(33)39-34-30(38(31,9)10)20-26(36(3,4)5)22-32(34)40-11/h12-23H,1-11H3. The molecule has 1 aliphatic rings. The van der Waals surface area contributed by atoms with Gasteiger partial charge in [0.05, 0.1) is 9.52 Å². The van der Waals surface area contributed by atoms with Crippen molar-refractivity contribution >= 4 is 39.1 Å². The lowest BCUT2D eigenvalue weighted by atomic mass is 9.72. The first-order valence-electron chi connectivity index (χ1n) is 14.9. The van der Waals surface area contributed by atoms with Gasteiger partial charge in [-0.1, -0.05) is 156 Å². The van der Waals surface area contributed by atoms with Gasteiger partial charge in [-0.25, -0.2) is 0 Å². The first-order chi connectivity index (χ1) is 19.1. The van der Waals surface area contributed by atoms with E-state index in [0.29, 0.717) is 9.52 Å². The Kier molecular flexibility index (Phi) is 7.53. The topological polar surface area (TPSA) is 9.23 Å². The normalized spacial score (nSPS) is 14.4. The van der Waals surface area contributed by atoms with Crippen LogP contribution in [0.2, 0.25) is 6.55 Å². The van der Waals surface area contributed by atoms with Gasteiger partial charge >= 0.3 is 0 Å². The van der Waals surface area contributed by atoms with Gasteiger partial charge in [-0.05, 0) is 46.2 Å². The number of aryl methyl sites for hydroxylation is 2. The number of ether oxygens (including phenoxy) is 1. The Labute approximate surface area is 252 Å². The number of benzene rings is 4. The second-order valence-corrected chi connectivity index (χ2v) is 17.9. The maximum Gasteiger partial charge on any atom is 0.159 e. The van der Waals surface area contributed by atoms with Crippen LogP contribution in [0.1, 0.15) is 88.8 Å². The van der Waals surface area contributed by atoms with E-state index in [1.807, 2.05) is 0 Å². The van der Waals surface area contributed by atoms with Crippen molar-refractivity contribution in [1.29, 1.82) is 0 Å². The minimum absolute atomic E-state index is 0.0108. The molecule has 1 aliphatic heterocycles. The summed E-state index contributed by atoms with van der Waals surface area (Å²) in [6.07, 6.45) is 0. The molecule has 0 unspecified atom stereocenters. The third-order valence-corrected chi connectivity index (χ3v) is 12.3. The molecule has 1 heterocycles. The lowest BCUT2D eigenvalue weighted by molar-refractivity contribution is 0.421. The van der Waals surface area contributed by atoms with Gasteiger partial charge in [0.2, 0.25) is 0 Å². The Morgan fingerprint density at radius 2 is 1.07 bits per heavy atom. The molecule has 0 aliphatic carbocycles. The van der Waals surface area contributed by atoms with Gasteiger partial charge in [0.1, 0.15) is 11.5 Å². The molecule has 0 spiro atoms. The Bertz CT molecular complexity index is 1530. The van der Waals surface area contributed by atoms with Crippen LogP contribution in [0.15, 0.2) is 72.8 Å². The predicted octanol–water partition coefficient (Wildman–Crippen LogP) is 7.22. The second-order valence-electron chi connectivity index (χ2n) is 14.4. The van der Waals surface area contributed by atoms with Crippen molar-refractivity contribution in [3.63, 3.8) is 0 Å². The molecule has 0 N–H and O–H groups in total. The maximum absolute atomic E-state index is 7.21. The van der Waals surface area contributed by atoms with Crippen molar-refractivity contribution in [3.8, 4) is 11.5 Å².